The van der Waals surface area contributed by atoms with Gasteiger partial charge in [0.2, 0.25) is 0 Å². The number of methoxy groups -OCH3 is 2. The van der Waals surface area contributed by atoms with Gasteiger partial charge < -0.3 is 20.1 Å². The number of aryl methyl sites for hydroxylation is 1. The number of nitrogens with one attached hydrogen (secondary N) is 2. The van der Waals surface area contributed by atoms with Gasteiger partial charge in [0.25, 0.3) is 0 Å². The first-order chi connectivity index (χ1) is 13.2. The summed E-state index contributed by atoms with van der Waals surface area (Å²) in [7, 11) is 5.15. The van der Waals surface area contributed by atoms with Crippen molar-refractivity contribution in [2.75, 3.05) is 27.8 Å². The molecule has 1 unspecified atom stereocenters. The zero-order chi connectivity index (χ0) is 19.1. The van der Waals surface area contributed by atoms with E-state index >= 15 is 0 Å². The molecule has 3 rings (SSSR count). The summed E-state index contributed by atoms with van der Waals surface area (Å²) in [5.74, 6) is 3.49. The third-order valence-corrected chi connectivity index (χ3v) is 4.62. The second kappa shape index (κ2) is 11.2. The van der Waals surface area contributed by atoms with Crippen molar-refractivity contribution in [3.63, 3.8) is 0 Å². The van der Waals surface area contributed by atoms with Crippen molar-refractivity contribution in [3.8, 4) is 5.75 Å². The maximum absolute atomic E-state index is 5.41. The second-order valence-electron chi connectivity index (χ2n) is 6.50. The molecular formula is C19H29IN6O2. The molecular weight excluding hydrogens is 471 g/mol. The molecule has 1 atom stereocenters. The van der Waals surface area contributed by atoms with Crippen LogP contribution in [0.5, 0.6) is 5.75 Å². The van der Waals surface area contributed by atoms with Gasteiger partial charge in [-0.25, -0.2) is 9.67 Å². The lowest BCUT2D eigenvalue weighted by Gasteiger charge is -2.25. The summed E-state index contributed by atoms with van der Waals surface area (Å²) in [6.45, 7) is 2.00. The fourth-order valence-corrected chi connectivity index (χ4v) is 3.28. The smallest absolute Gasteiger partial charge is 0.191 e. The van der Waals surface area contributed by atoms with E-state index in [-0.39, 0.29) is 30.0 Å². The van der Waals surface area contributed by atoms with Gasteiger partial charge in [0.15, 0.2) is 11.8 Å². The van der Waals surface area contributed by atoms with Crippen LogP contribution in [0.25, 0.3) is 0 Å². The van der Waals surface area contributed by atoms with Gasteiger partial charge >= 0.3 is 0 Å². The van der Waals surface area contributed by atoms with Crippen molar-refractivity contribution in [2.24, 2.45) is 4.99 Å². The predicted octanol–water partition coefficient (Wildman–Crippen LogP) is 1.77. The van der Waals surface area contributed by atoms with Crippen molar-refractivity contribution in [3.05, 3.63) is 41.5 Å². The van der Waals surface area contributed by atoms with Crippen LogP contribution >= 0.6 is 24.0 Å². The van der Waals surface area contributed by atoms with Crippen LogP contribution in [-0.2, 0) is 30.7 Å². The van der Waals surface area contributed by atoms with Crippen LogP contribution < -0.4 is 15.4 Å². The Kier molecular flexibility index (Phi) is 8.97. The Hall–Kier alpha value is -1.88. The molecule has 2 heterocycles. The normalized spacial score (nSPS) is 16.1. The Morgan fingerprint density at radius 1 is 1.32 bits per heavy atom. The molecule has 2 N–H and O–H groups in total. The number of rotatable bonds is 7. The maximum Gasteiger partial charge on any atom is 0.191 e. The minimum Gasteiger partial charge on any atom is -0.496 e. The minimum atomic E-state index is 0. The number of para-hydroxylation sites is 1. The fourth-order valence-electron chi connectivity index (χ4n) is 3.28. The molecule has 0 fully saturated rings. The van der Waals surface area contributed by atoms with E-state index in [1.54, 1.807) is 21.3 Å². The molecule has 9 heteroatoms. The molecule has 0 radical (unpaired) electrons. The van der Waals surface area contributed by atoms with Crippen LogP contribution in [0, 0.1) is 0 Å². The Morgan fingerprint density at radius 2 is 2.14 bits per heavy atom. The Morgan fingerprint density at radius 3 is 2.89 bits per heavy atom. The van der Waals surface area contributed by atoms with Gasteiger partial charge in [0.05, 0.1) is 13.7 Å². The molecule has 0 aliphatic carbocycles. The van der Waals surface area contributed by atoms with Crippen LogP contribution in [0.2, 0.25) is 0 Å². The number of hydrogen-bond acceptors (Lipinski definition) is 5. The third-order valence-electron chi connectivity index (χ3n) is 4.62. The summed E-state index contributed by atoms with van der Waals surface area (Å²) in [4.78, 5) is 8.86. The molecule has 8 nitrogen and oxygen atoms in total. The van der Waals surface area contributed by atoms with Crippen LogP contribution in [-0.4, -0.2) is 54.6 Å². The molecule has 1 aliphatic heterocycles. The van der Waals surface area contributed by atoms with E-state index in [0.29, 0.717) is 6.61 Å². The minimum absolute atomic E-state index is 0. The number of guanidine groups is 1. The highest BCUT2D eigenvalue weighted by atomic mass is 127. The van der Waals surface area contributed by atoms with Crippen molar-refractivity contribution in [1.29, 1.82) is 0 Å². The van der Waals surface area contributed by atoms with E-state index in [9.17, 15) is 0 Å². The zero-order valence-electron chi connectivity index (χ0n) is 16.6. The van der Waals surface area contributed by atoms with Gasteiger partial charge in [-0.1, -0.05) is 18.2 Å². The van der Waals surface area contributed by atoms with Gasteiger partial charge in [-0.05, 0) is 24.5 Å². The van der Waals surface area contributed by atoms with Crippen molar-refractivity contribution < 1.29 is 9.47 Å². The van der Waals surface area contributed by atoms with Gasteiger partial charge in [-0.3, -0.25) is 4.99 Å². The summed E-state index contributed by atoms with van der Waals surface area (Å²) in [6.07, 6.45) is 2.76. The van der Waals surface area contributed by atoms with Gasteiger partial charge in [-0.15, -0.1) is 24.0 Å². The quantitative estimate of drug-likeness (QED) is 0.343. The summed E-state index contributed by atoms with van der Waals surface area (Å²) in [6, 6.07) is 8.35. The number of aromatic nitrogens is 3. The molecule has 1 aromatic heterocycles. The predicted molar refractivity (Wildman–Crippen MR) is 119 cm³/mol. The number of fused-ring (bicyclic) bond motifs is 1. The average Bonchev–Trinajstić information content (AvgIpc) is 3.09. The molecule has 0 bridgehead atoms. The molecule has 0 saturated carbocycles. The van der Waals surface area contributed by atoms with Crippen molar-refractivity contribution in [2.45, 2.75) is 38.5 Å². The lowest BCUT2D eigenvalue weighted by atomic mass is 10.1. The van der Waals surface area contributed by atoms with Gasteiger partial charge in [0.1, 0.15) is 18.2 Å². The standard InChI is InChI=1S/C19H28N6O2.HI/c1-20-19(21-11-10-14-6-4-5-7-16(14)27-3)22-15-8-9-18-23-17(13-26-2)24-25(18)12-15;/h4-7,15H,8-13H2,1-3H3,(H2,20,21,22);1H. The second-order valence-corrected chi connectivity index (χ2v) is 6.50. The molecule has 0 saturated heterocycles. The van der Waals surface area contributed by atoms with E-state index in [1.807, 2.05) is 22.9 Å². The van der Waals surface area contributed by atoms with Gasteiger partial charge in [0, 0.05) is 33.2 Å². The van der Waals surface area contributed by atoms with E-state index in [0.717, 1.165) is 55.7 Å². The molecule has 2 aromatic rings. The topological polar surface area (TPSA) is 85.6 Å². The molecule has 154 valence electrons. The lowest BCUT2D eigenvalue weighted by molar-refractivity contribution is 0.177. The number of benzene rings is 1. The molecule has 28 heavy (non-hydrogen) atoms. The highest BCUT2D eigenvalue weighted by Crippen LogP contribution is 2.17. The average molecular weight is 500 g/mol. The fraction of sp³-hybridized carbons (Fsp3) is 0.526. The number of nitrogens with zero attached hydrogens (tertiary/aromatic N) is 4. The van der Waals surface area contributed by atoms with E-state index < -0.39 is 0 Å². The summed E-state index contributed by atoms with van der Waals surface area (Å²) in [5, 5.41) is 11.4. The highest BCUT2D eigenvalue weighted by molar-refractivity contribution is 14.0. The van der Waals surface area contributed by atoms with Crippen LogP contribution in [0.3, 0.4) is 0 Å². The van der Waals surface area contributed by atoms with E-state index in [2.05, 4.69) is 31.8 Å². The Balaban J connectivity index is 0.00000280. The molecule has 1 aliphatic rings. The van der Waals surface area contributed by atoms with Crippen LogP contribution in [0.4, 0.5) is 0 Å². The number of ether oxygens (including phenoxy) is 2. The first kappa shape index (κ1) is 22.4. The van der Waals surface area contributed by atoms with E-state index in [1.165, 1.54) is 5.56 Å². The number of halogens is 1. The highest BCUT2D eigenvalue weighted by Gasteiger charge is 2.22. The summed E-state index contributed by atoms with van der Waals surface area (Å²) >= 11 is 0. The zero-order valence-corrected chi connectivity index (χ0v) is 19.0. The lowest BCUT2D eigenvalue weighted by Crippen LogP contribution is -2.47. The van der Waals surface area contributed by atoms with E-state index in [4.69, 9.17) is 9.47 Å². The number of aliphatic imine (C=N–C) groups is 1. The van der Waals surface area contributed by atoms with Gasteiger partial charge in [-0.2, -0.15) is 5.10 Å². The number of hydrogen-bond donors (Lipinski definition) is 2. The van der Waals surface area contributed by atoms with Crippen molar-refractivity contribution >= 4 is 29.9 Å². The Bertz CT molecular complexity index is 780. The van der Waals surface area contributed by atoms with Crippen molar-refractivity contribution in [1.82, 2.24) is 25.4 Å². The maximum atomic E-state index is 5.41. The molecule has 1 aromatic carbocycles. The molecule has 0 spiro atoms. The third kappa shape index (κ3) is 5.81. The summed E-state index contributed by atoms with van der Waals surface area (Å²) in [5.41, 5.74) is 1.18. The summed E-state index contributed by atoms with van der Waals surface area (Å²) < 4.78 is 12.5. The first-order valence-electron chi connectivity index (χ1n) is 9.24. The monoisotopic (exact) mass is 500 g/mol. The Labute approximate surface area is 183 Å². The molecule has 0 amide bonds. The van der Waals surface area contributed by atoms with Crippen LogP contribution in [0.15, 0.2) is 29.3 Å². The first-order valence-corrected chi connectivity index (χ1v) is 9.24. The largest absolute Gasteiger partial charge is 0.496 e. The SMILES string of the molecule is CN=C(NCCc1ccccc1OC)NC1CCc2nc(COC)nn2C1.I. The van der Waals surface area contributed by atoms with Crippen LogP contribution in [0.1, 0.15) is 23.6 Å².